The molecule has 4 nitrogen and oxygen atoms in total. The molecule has 0 aliphatic heterocycles. The van der Waals surface area contributed by atoms with Crippen molar-refractivity contribution in [2.75, 3.05) is 5.32 Å². The highest BCUT2D eigenvalue weighted by atomic mass is 32.1. The van der Waals surface area contributed by atoms with Gasteiger partial charge >= 0.3 is 0 Å². The van der Waals surface area contributed by atoms with Crippen LogP contribution in [0.3, 0.4) is 0 Å². The lowest BCUT2D eigenvalue weighted by molar-refractivity contribution is 0.100. The van der Waals surface area contributed by atoms with Crippen LogP contribution in [0.1, 0.15) is 34.6 Å². The van der Waals surface area contributed by atoms with E-state index in [-0.39, 0.29) is 6.04 Å². The van der Waals surface area contributed by atoms with Crippen LogP contribution in [0.4, 0.5) is 5.82 Å². The summed E-state index contributed by atoms with van der Waals surface area (Å²) in [4.78, 5) is 16.7. The number of amides is 1. The Morgan fingerprint density at radius 1 is 1.50 bits per heavy atom. The van der Waals surface area contributed by atoms with Crippen LogP contribution < -0.4 is 11.1 Å². The van der Waals surface area contributed by atoms with Gasteiger partial charge in [0.05, 0.1) is 11.6 Å². The van der Waals surface area contributed by atoms with E-state index in [4.69, 9.17) is 5.73 Å². The van der Waals surface area contributed by atoms with Gasteiger partial charge in [-0.15, -0.1) is 11.3 Å². The number of nitrogens with two attached hydrogens (primary N) is 1. The maximum absolute atomic E-state index is 11.3. The first-order valence-electron chi connectivity index (χ1n) is 5.77. The van der Waals surface area contributed by atoms with Gasteiger partial charge in [0.1, 0.15) is 5.82 Å². The highest BCUT2D eigenvalue weighted by Gasteiger charge is 2.14. The first-order chi connectivity index (χ1) is 8.72. The van der Waals surface area contributed by atoms with Crippen LogP contribution >= 0.6 is 11.3 Å². The average molecular weight is 261 g/mol. The molecule has 0 aliphatic carbocycles. The van der Waals surface area contributed by atoms with Crippen molar-refractivity contribution in [1.82, 2.24) is 4.98 Å². The van der Waals surface area contributed by atoms with Crippen LogP contribution in [0, 0.1) is 0 Å². The molecule has 0 fully saturated rings. The number of aromatic nitrogens is 1. The molecule has 2 heterocycles. The summed E-state index contributed by atoms with van der Waals surface area (Å²) in [6, 6.07) is 7.62. The van der Waals surface area contributed by atoms with Gasteiger partial charge in [-0.1, -0.05) is 13.0 Å². The summed E-state index contributed by atoms with van der Waals surface area (Å²) in [7, 11) is 0. The van der Waals surface area contributed by atoms with Crippen molar-refractivity contribution >= 4 is 23.1 Å². The monoisotopic (exact) mass is 261 g/mol. The SMILES string of the molecule is CCC(Nc1ncccc1C(N)=O)c1cccs1. The molecule has 5 heteroatoms. The molecule has 0 aromatic carbocycles. The number of nitrogens with zero attached hydrogens (tertiary/aromatic N) is 1. The van der Waals surface area contributed by atoms with Gasteiger partial charge < -0.3 is 11.1 Å². The Hall–Kier alpha value is -1.88. The summed E-state index contributed by atoms with van der Waals surface area (Å²) >= 11 is 1.68. The molecule has 2 rings (SSSR count). The highest BCUT2D eigenvalue weighted by Crippen LogP contribution is 2.26. The summed E-state index contributed by atoms with van der Waals surface area (Å²) < 4.78 is 0. The molecule has 1 unspecified atom stereocenters. The number of primary amides is 1. The molecule has 0 saturated carbocycles. The van der Waals surface area contributed by atoms with Crippen LogP contribution in [0.2, 0.25) is 0 Å². The molecule has 1 atom stereocenters. The lowest BCUT2D eigenvalue weighted by Gasteiger charge is -2.17. The summed E-state index contributed by atoms with van der Waals surface area (Å²) in [6.45, 7) is 2.09. The summed E-state index contributed by atoms with van der Waals surface area (Å²) in [6.07, 6.45) is 2.56. The first kappa shape index (κ1) is 12.6. The predicted molar refractivity (Wildman–Crippen MR) is 73.7 cm³/mol. The Morgan fingerprint density at radius 3 is 2.94 bits per heavy atom. The lowest BCUT2D eigenvalue weighted by Crippen LogP contribution is -2.17. The van der Waals surface area contributed by atoms with Crippen molar-refractivity contribution in [2.24, 2.45) is 5.73 Å². The number of nitrogens with one attached hydrogen (secondary N) is 1. The number of thiophene rings is 1. The molecule has 0 radical (unpaired) electrons. The Morgan fingerprint density at radius 2 is 2.33 bits per heavy atom. The number of carbonyl (C=O) groups excluding carboxylic acids is 1. The normalized spacial score (nSPS) is 12.1. The fourth-order valence-electron chi connectivity index (χ4n) is 1.75. The molecule has 0 aliphatic rings. The van der Waals surface area contributed by atoms with Gasteiger partial charge in [0, 0.05) is 11.1 Å². The summed E-state index contributed by atoms with van der Waals surface area (Å²) in [5.74, 6) is 0.0804. The van der Waals surface area contributed by atoms with E-state index in [1.807, 2.05) is 11.4 Å². The fraction of sp³-hybridized carbons (Fsp3) is 0.231. The van der Waals surface area contributed by atoms with Crippen LogP contribution in [0.5, 0.6) is 0 Å². The largest absolute Gasteiger partial charge is 0.365 e. The van der Waals surface area contributed by atoms with Crippen molar-refractivity contribution in [1.29, 1.82) is 0 Å². The van der Waals surface area contributed by atoms with Gasteiger partial charge in [-0.2, -0.15) is 0 Å². The molecule has 3 N–H and O–H groups in total. The quantitative estimate of drug-likeness (QED) is 0.869. The zero-order valence-electron chi connectivity index (χ0n) is 10.1. The van der Waals surface area contributed by atoms with E-state index in [1.165, 1.54) is 4.88 Å². The van der Waals surface area contributed by atoms with Crippen molar-refractivity contribution in [3.63, 3.8) is 0 Å². The molecule has 0 spiro atoms. The van der Waals surface area contributed by atoms with Crippen molar-refractivity contribution in [3.05, 3.63) is 46.3 Å². The van der Waals surface area contributed by atoms with Gasteiger partial charge in [0.25, 0.3) is 5.91 Å². The summed E-state index contributed by atoms with van der Waals surface area (Å²) in [5.41, 5.74) is 5.76. The zero-order chi connectivity index (χ0) is 13.0. The molecule has 0 bridgehead atoms. The maximum atomic E-state index is 11.3. The fourth-order valence-corrected chi connectivity index (χ4v) is 2.61. The number of anilines is 1. The molecular weight excluding hydrogens is 246 g/mol. The van der Waals surface area contributed by atoms with Crippen LogP contribution in [0.25, 0.3) is 0 Å². The van der Waals surface area contributed by atoms with Crippen LogP contribution in [0.15, 0.2) is 35.8 Å². The minimum absolute atomic E-state index is 0.151. The third kappa shape index (κ3) is 2.68. The first-order valence-corrected chi connectivity index (χ1v) is 6.65. The Balaban J connectivity index is 2.25. The number of hydrogen-bond donors (Lipinski definition) is 2. The third-order valence-electron chi connectivity index (χ3n) is 2.68. The molecule has 94 valence electrons. The number of pyridine rings is 1. The molecular formula is C13H15N3OS. The van der Waals surface area contributed by atoms with Gasteiger partial charge in [0.15, 0.2) is 0 Å². The molecule has 1 amide bonds. The minimum Gasteiger partial charge on any atom is -0.365 e. The minimum atomic E-state index is -0.466. The second-order valence-corrected chi connectivity index (χ2v) is 4.86. The van der Waals surface area contributed by atoms with Crippen LogP contribution in [-0.2, 0) is 0 Å². The maximum Gasteiger partial charge on any atom is 0.252 e. The van der Waals surface area contributed by atoms with E-state index in [2.05, 4.69) is 23.3 Å². The van der Waals surface area contributed by atoms with Gasteiger partial charge in [0.2, 0.25) is 0 Å². The lowest BCUT2D eigenvalue weighted by atomic mass is 10.1. The molecule has 0 saturated heterocycles. The van der Waals surface area contributed by atoms with Crippen LogP contribution in [-0.4, -0.2) is 10.9 Å². The average Bonchev–Trinajstić information content (AvgIpc) is 2.90. The van der Waals surface area contributed by atoms with E-state index < -0.39 is 5.91 Å². The second kappa shape index (κ2) is 5.64. The van der Waals surface area contributed by atoms with E-state index in [0.29, 0.717) is 11.4 Å². The topological polar surface area (TPSA) is 68.0 Å². The molecule has 2 aromatic heterocycles. The standard InChI is InChI=1S/C13H15N3OS/c1-2-10(11-6-4-8-18-11)16-13-9(12(14)17)5-3-7-15-13/h3-8,10H,2H2,1H3,(H2,14,17)(H,15,16). The van der Waals surface area contributed by atoms with E-state index in [1.54, 1.807) is 29.7 Å². The molecule has 2 aromatic rings. The third-order valence-corrected chi connectivity index (χ3v) is 3.66. The van der Waals surface area contributed by atoms with E-state index >= 15 is 0 Å². The second-order valence-electron chi connectivity index (χ2n) is 3.88. The number of hydrogen-bond acceptors (Lipinski definition) is 4. The van der Waals surface area contributed by atoms with Gasteiger partial charge in [-0.3, -0.25) is 4.79 Å². The summed E-state index contributed by atoms with van der Waals surface area (Å²) in [5, 5.41) is 5.31. The Kier molecular flexibility index (Phi) is 3.94. The van der Waals surface area contributed by atoms with Crippen molar-refractivity contribution < 1.29 is 4.79 Å². The highest BCUT2D eigenvalue weighted by molar-refractivity contribution is 7.10. The van der Waals surface area contributed by atoms with E-state index in [0.717, 1.165) is 6.42 Å². The smallest absolute Gasteiger partial charge is 0.252 e. The van der Waals surface area contributed by atoms with Crippen molar-refractivity contribution in [3.8, 4) is 0 Å². The Labute approximate surface area is 110 Å². The van der Waals surface area contributed by atoms with Crippen molar-refractivity contribution in [2.45, 2.75) is 19.4 Å². The molecule has 18 heavy (non-hydrogen) atoms. The zero-order valence-corrected chi connectivity index (χ0v) is 10.9. The predicted octanol–water partition coefficient (Wildman–Crippen LogP) is 2.81. The van der Waals surface area contributed by atoms with Gasteiger partial charge in [-0.05, 0) is 30.0 Å². The Bertz CT molecular complexity index is 525. The van der Waals surface area contributed by atoms with E-state index in [9.17, 15) is 4.79 Å². The number of rotatable bonds is 5. The number of carbonyl (C=O) groups is 1. The van der Waals surface area contributed by atoms with Gasteiger partial charge in [-0.25, -0.2) is 4.98 Å².